The summed E-state index contributed by atoms with van der Waals surface area (Å²) in [6, 6.07) is 17.1. The molecule has 0 unspecified atom stereocenters. The van der Waals surface area contributed by atoms with Crippen LogP contribution < -0.4 is 10.1 Å². The Bertz CT molecular complexity index is 1370. The summed E-state index contributed by atoms with van der Waals surface area (Å²) >= 11 is 4.15. The topological polar surface area (TPSA) is 75.7 Å². The molecule has 1 aliphatic rings. The van der Waals surface area contributed by atoms with E-state index in [-0.39, 0.29) is 17.3 Å². The van der Waals surface area contributed by atoms with Crippen LogP contribution in [0.3, 0.4) is 0 Å². The number of anilines is 1. The van der Waals surface area contributed by atoms with E-state index in [0.717, 1.165) is 32.3 Å². The molecule has 4 rings (SSSR count). The van der Waals surface area contributed by atoms with Crippen molar-refractivity contribution in [3.8, 4) is 5.75 Å². The van der Waals surface area contributed by atoms with Gasteiger partial charge in [0.1, 0.15) is 24.7 Å². The number of hydrogen-bond acceptors (Lipinski definition) is 5. The van der Waals surface area contributed by atoms with E-state index in [1.807, 2.05) is 32.0 Å². The van der Waals surface area contributed by atoms with Crippen molar-refractivity contribution in [2.24, 2.45) is 0 Å². The van der Waals surface area contributed by atoms with Gasteiger partial charge in [0.05, 0.1) is 4.91 Å². The van der Waals surface area contributed by atoms with E-state index in [2.05, 4.69) is 21.2 Å². The summed E-state index contributed by atoms with van der Waals surface area (Å²) in [6.45, 7) is 3.43. The monoisotopic (exact) mass is 568 g/mol. The molecule has 0 radical (unpaired) electrons. The minimum atomic E-state index is -0.569. The molecule has 0 saturated carbocycles. The number of carbonyl (C=O) groups is 3. The molecule has 0 aliphatic carbocycles. The molecule has 3 aromatic carbocycles. The van der Waals surface area contributed by atoms with Gasteiger partial charge in [-0.25, -0.2) is 4.39 Å². The second-order valence-corrected chi connectivity index (χ2v) is 10.2. The lowest BCUT2D eigenvalue weighted by molar-refractivity contribution is -0.127. The number of aryl methyl sites for hydroxylation is 2. The van der Waals surface area contributed by atoms with E-state index in [4.69, 9.17) is 4.74 Å². The van der Waals surface area contributed by atoms with E-state index in [0.29, 0.717) is 22.6 Å². The molecule has 184 valence electrons. The third-order valence-corrected chi connectivity index (χ3v) is 6.68. The minimum absolute atomic E-state index is 0.00473. The van der Waals surface area contributed by atoms with Crippen LogP contribution in [0.5, 0.6) is 5.75 Å². The van der Waals surface area contributed by atoms with Gasteiger partial charge < -0.3 is 10.1 Å². The van der Waals surface area contributed by atoms with Gasteiger partial charge in [0, 0.05) is 21.3 Å². The van der Waals surface area contributed by atoms with Gasteiger partial charge in [-0.1, -0.05) is 40.2 Å². The van der Waals surface area contributed by atoms with Crippen LogP contribution in [0.2, 0.25) is 0 Å². The van der Waals surface area contributed by atoms with Gasteiger partial charge in [-0.2, -0.15) is 0 Å². The van der Waals surface area contributed by atoms with E-state index in [1.54, 1.807) is 36.4 Å². The number of nitrogens with zero attached hydrogens (tertiary/aromatic N) is 1. The smallest absolute Gasteiger partial charge is 0.294 e. The maximum atomic E-state index is 14.0. The summed E-state index contributed by atoms with van der Waals surface area (Å²) in [6.07, 6.45) is 1.54. The number of benzene rings is 3. The second-order valence-electron chi connectivity index (χ2n) is 8.25. The Balaban J connectivity index is 1.49. The molecule has 36 heavy (non-hydrogen) atoms. The van der Waals surface area contributed by atoms with Gasteiger partial charge in [-0.3, -0.25) is 19.3 Å². The molecule has 3 aromatic rings. The van der Waals surface area contributed by atoms with Crippen LogP contribution in [-0.2, 0) is 16.2 Å². The van der Waals surface area contributed by atoms with Crippen LogP contribution in [0, 0.1) is 19.7 Å². The second kappa shape index (κ2) is 11.1. The summed E-state index contributed by atoms with van der Waals surface area (Å²) in [4.78, 5) is 39.1. The Morgan fingerprint density at radius 1 is 1.08 bits per heavy atom. The third kappa shape index (κ3) is 6.22. The summed E-state index contributed by atoms with van der Waals surface area (Å²) in [5.74, 6) is -1.00. The molecule has 1 aliphatic heterocycles. The molecule has 0 bridgehead atoms. The zero-order valence-corrected chi connectivity index (χ0v) is 21.9. The standard InChI is InChI=1S/C27H22BrFN2O4S/c1-16-9-17(2)11-21(10-16)30-25(32)14-31-26(33)24(36-27(31)34)13-19-12-20(28)7-8-23(19)35-15-18-5-3-4-6-22(18)29/h3-13H,14-15H2,1-2H3,(H,30,32)/b24-13-. The van der Waals surface area contributed by atoms with Crippen molar-refractivity contribution in [1.29, 1.82) is 0 Å². The number of imide groups is 1. The molecule has 9 heteroatoms. The van der Waals surface area contributed by atoms with Crippen molar-refractivity contribution in [3.05, 3.63) is 98.1 Å². The van der Waals surface area contributed by atoms with Gasteiger partial charge in [-0.05, 0) is 79.2 Å². The van der Waals surface area contributed by atoms with Crippen LogP contribution >= 0.6 is 27.7 Å². The highest BCUT2D eigenvalue weighted by Crippen LogP contribution is 2.35. The first-order valence-electron chi connectivity index (χ1n) is 11.0. The van der Waals surface area contributed by atoms with Crippen molar-refractivity contribution < 1.29 is 23.5 Å². The zero-order valence-electron chi connectivity index (χ0n) is 19.5. The molecular weight excluding hydrogens is 547 g/mol. The number of amides is 3. The number of hydrogen-bond donors (Lipinski definition) is 1. The van der Waals surface area contributed by atoms with Crippen LogP contribution in [-0.4, -0.2) is 28.5 Å². The lowest BCUT2D eigenvalue weighted by Gasteiger charge is -2.13. The number of rotatable bonds is 7. The summed E-state index contributed by atoms with van der Waals surface area (Å²) in [5.41, 5.74) is 3.50. The number of carbonyl (C=O) groups excluding carboxylic acids is 3. The number of halogens is 2. The lowest BCUT2D eigenvalue weighted by atomic mass is 10.1. The van der Waals surface area contributed by atoms with Crippen molar-refractivity contribution in [3.63, 3.8) is 0 Å². The quantitative estimate of drug-likeness (QED) is 0.331. The highest BCUT2D eigenvalue weighted by Gasteiger charge is 2.36. The van der Waals surface area contributed by atoms with E-state index in [9.17, 15) is 18.8 Å². The minimum Gasteiger partial charge on any atom is -0.488 e. The van der Waals surface area contributed by atoms with Crippen molar-refractivity contribution in [2.75, 3.05) is 11.9 Å². The fourth-order valence-electron chi connectivity index (χ4n) is 3.70. The van der Waals surface area contributed by atoms with Gasteiger partial charge in [0.15, 0.2) is 0 Å². The van der Waals surface area contributed by atoms with Crippen LogP contribution in [0.25, 0.3) is 6.08 Å². The Morgan fingerprint density at radius 2 is 1.81 bits per heavy atom. The fourth-order valence-corrected chi connectivity index (χ4v) is 4.91. The Morgan fingerprint density at radius 3 is 2.53 bits per heavy atom. The summed E-state index contributed by atoms with van der Waals surface area (Å²) in [7, 11) is 0. The van der Waals surface area contributed by atoms with Crippen LogP contribution in [0.1, 0.15) is 22.3 Å². The average molecular weight is 569 g/mol. The number of ether oxygens (including phenoxy) is 1. The number of thioether (sulfide) groups is 1. The average Bonchev–Trinajstić information content (AvgIpc) is 3.06. The van der Waals surface area contributed by atoms with Gasteiger partial charge in [0.2, 0.25) is 5.91 Å². The molecular formula is C27H22BrFN2O4S. The van der Waals surface area contributed by atoms with Crippen molar-refractivity contribution in [2.45, 2.75) is 20.5 Å². The molecule has 0 aromatic heterocycles. The Labute approximate surface area is 220 Å². The first-order valence-corrected chi connectivity index (χ1v) is 12.6. The first kappa shape index (κ1) is 25.7. The zero-order chi connectivity index (χ0) is 25.8. The largest absolute Gasteiger partial charge is 0.488 e. The highest BCUT2D eigenvalue weighted by molar-refractivity contribution is 9.10. The Kier molecular flexibility index (Phi) is 7.91. The van der Waals surface area contributed by atoms with E-state index in [1.165, 1.54) is 12.1 Å². The molecule has 1 fully saturated rings. The third-order valence-electron chi connectivity index (χ3n) is 5.28. The van der Waals surface area contributed by atoms with Gasteiger partial charge in [-0.15, -0.1) is 0 Å². The molecule has 0 atom stereocenters. The fraction of sp³-hybridized carbons (Fsp3) is 0.148. The molecule has 1 saturated heterocycles. The first-order chi connectivity index (χ1) is 17.2. The lowest BCUT2D eigenvalue weighted by Crippen LogP contribution is -2.36. The van der Waals surface area contributed by atoms with Gasteiger partial charge >= 0.3 is 0 Å². The molecule has 3 amide bonds. The normalized spacial score (nSPS) is 14.4. The maximum absolute atomic E-state index is 14.0. The molecule has 1 N–H and O–H groups in total. The molecule has 0 spiro atoms. The van der Waals surface area contributed by atoms with Crippen molar-refractivity contribution in [1.82, 2.24) is 4.90 Å². The van der Waals surface area contributed by atoms with E-state index < -0.39 is 23.6 Å². The maximum Gasteiger partial charge on any atom is 0.294 e. The predicted octanol–water partition coefficient (Wildman–Crippen LogP) is 6.46. The van der Waals surface area contributed by atoms with Gasteiger partial charge in [0.25, 0.3) is 11.1 Å². The van der Waals surface area contributed by atoms with Crippen molar-refractivity contribution >= 4 is 56.5 Å². The van der Waals surface area contributed by atoms with Crippen LogP contribution in [0.4, 0.5) is 14.9 Å². The summed E-state index contributed by atoms with van der Waals surface area (Å²) in [5, 5.41) is 2.20. The van der Waals surface area contributed by atoms with E-state index >= 15 is 0 Å². The summed E-state index contributed by atoms with van der Waals surface area (Å²) < 4.78 is 20.5. The van der Waals surface area contributed by atoms with Crippen LogP contribution in [0.15, 0.2) is 70.0 Å². The molecule has 1 heterocycles. The predicted molar refractivity (Wildman–Crippen MR) is 142 cm³/mol. The highest BCUT2D eigenvalue weighted by atomic mass is 79.9. The SMILES string of the molecule is Cc1cc(C)cc(NC(=O)CN2C(=O)S/C(=C\c3cc(Br)ccc3OCc3ccccc3F)C2=O)c1. The number of nitrogens with one attached hydrogen (secondary N) is 1. The Hall–Kier alpha value is -3.43. The molecule has 6 nitrogen and oxygen atoms in total.